The molecule has 0 aromatic carbocycles. The second-order valence-electron chi connectivity index (χ2n) is 2.91. The molecule has 0 aliphatic carbocycles. The van der Waals surface area contributed by atoms with Gasteiger partial charge < -0.3 is 11.1 Å². The zero-order valence-electron chi connectivity index (χ0n) is 7.76. The van der Waals surface area contributed by atoms with Gasteiger partial charge in [-0.05, 0) is 20.9 Å². The number of carbonyl (C=O) groups excluding carboxylic acids is 2. The van der Waals surface area contributed by atoms with Gasteiger partial charge in [0, 0.05) is 0 Å². The lowest BCUT2D eigenvalue weighted by atomic mass is 10.1. The quantitative estimate of drug-likeness (QED) is 0.547. The van der Waals surface area contributed by atoms with Crippen LogP contribution >= 0.6 is 0 Å². The van der Waals surface area contributed by atoms with E-state index in [0.717, 1.165) is 0 Å². The number of hydrogen-bond acceptors (Lipinski definition) is 4. The van der Waals surface area contributed by atoms with Crippen molar-refractivity contribution >= 4 is 11.6 Å². The minimum absolute atomic E-state index is 0.0698. The number of carbonyl (C=O) groups is 2. The third kappa shape index (κ3) is 3.59. The predicted molar refractivity (Wildman–Crippen MR) is 46.8 cm³/mol. The van der Waals surface area contributed by atoms with Crippen molar-refractivity contribution in [3.05, 3.63) is 0 Å². The van der Waals surface area contributed by atoms with Gasteiger partial charge in [-0.1, -0.05) is 0 Å². The lowest BCUT2D eigenvalue weighted by Crippen LogP contribution is -2.36. The minimum atomic E-state index is -0.544. The fraction of sp³-hybridized carbons (Fsp3) is 0.750. The molecular weight excluding hydrogens is 156 g/mol. The number of hydrogen-bond donors (Lipinski definition) is 2. The Morgan fingerprint density at radius 3 is 2.17 bits per heavy atom. The first-order valence-electron chi connectivity index (χ1n) is 3.97. The third-order valence-corrected chi connectivity index (χ3v) is 1.77. The summed E-state index contributed by atoms with van der Waals surface area (Å²) in [6, 6.07) is -0.814. The monoisotopic (exact) mass is 172 g/mol. The molecule has 0 spiro atoms. The van der Waals surface area contributed by atoms with Crippen molar-refractivity contribution < 1.29 is 9.59 Å². The number of Topliss-reactive ketones (excluding diaryl/α,β-unsaturated/α-hetero) is 2. The molecule has 0 saturated carbocycles. The van der Waals surface area contributed by atoms with Crippen LogP contribution in [0, 0.1) is 0 Å². The van der Waals surface area contributed by atoms with E-state index in [2.05, 4.69) is 5.32 Å². The van der Waals surface area contributed by atoms with E-state index in [9.17, 15) is 9.59 Å². The molecule has 0 aromatic rings. The molecule has 0 fully saturated rings. The Hall–Kier alpha value is -0.740. The Balaban J connectivity index is 3.93. The molecule has 0 aliphatic heterocycles. The lowest BCUT2D eigenvalue weighted by Gasteiger charge is -2.08. The topological polar surface area (TPSA) is 72.2 Å². The second-order valence-corrected chi connectivity index (χ2v) is 2.91. The van der Waals surface area contributed by atoms with Crippen molar-refractivity contribution in [2.75, 3.05) is 7.05 Å². The first kappa shape index (κ1) is 11.3. The molecule has 0 radical (unpaired) electrons. The van der Waals surface area contributed by atoms with Gasteiger partial charge in [0.1, 0.15) is 0 Å². The van der Waals surface area contributed by atoms with E-state index in [0.29, 0.717) is 0 Å². The fourth-order valence-corrected chi connectivity index (χ4v) is 0.647. The zero-order chi connectivity index (χ0) is 9.72. The Bertz CT molecular complexity index is 178. The smallest absolute Gasteiger partial charge is 0.156 e. The number of ketones is 2. The van der Waals surface area contributed by atoms with Crippen LogP contribution in [0.1, 0.15) is 20.3 Å². The largest absolute Gasteiger partial charge is 0.322 e. The molecular formula is C8H16N2O2. The Labute approximate surface area is 72.5 Å². The second kappa shape index (κ2) is 5.00. The summed E-state index contributed by atoms with van der Waals surface area (Å²) in [7, 11) is 1.68. The van der Waals surface area contributed by atoms with Crippen LogP contribution in [0.5, 0.6) is 0 Å². The Morgan fingerprint density at radius 2 is 1.83 bits per heavy atom. The van der Waals surface area contributed by atoms with Crippen LogP contribution in [-0.4, -0.2) is 30.7 Å². The first-order valence-corrected chi connectivity index (χ1v) is 3.97. The van der Waals surface area contributed by atoms with Gasteiger partial charge in [0.2, 0.25) is 0 Å². The van der Waals surface area contributed by atoms with Crippen LogP contribution in [-0.2, 0) is 9.59 Å². The van der Waals surface area contributed by atoms with Crippen molar-refractivity contribution in [2.45, 2.75) is 32.4 Å². The minimum Gasteiger partial charge on any atom is -0.322 e. The SMILES string of the molecule is CN[C@@H](C)C(=O)CC(=O)[C@H](C)N. The summed E-state index contributed by atoms with van der Waals surface area (Å²) in [5, 5.41) is 2.77. The standard InChI is InChI=1S/C8H16N2O2/c1-5(9)7(11)4-8(12)6(2)10-3/h5-6,10H,4,9H2,1-3H3/t5-,6-/m0/s1. The number of nitrogens with two attached hydrogens (primary N) is 1. The molecule has 0 aromatic heterocycles. The molecule has 70 valence electrons. The van der Waals surface area contributed by atoms with E-state index in [1.165, 1.54) is 0 Å². The van der Waals surface area contributed by atoms with Crippen LogP contribution in [0.15, 0.2) is 0 Å². The molecule has 0 saturated heterocycles. The molecule has 0 bridgehead atoms. The maximum atomic E-state index is 11.2. The summed E-state index contributed by atoms with van der Waals surface area (Å²) in [4.78, 5) is 22.2. The van der Waals surface area contributed by atoms with Gasteiger partial charge in [0.25, 0.3) is 0 Å². The number of likely N-dealkylation sites (N-methyl/N-ethyl adjacent to an activating group) is 1. The summed E-state index contributed by atoms with van der Waals surface area (Å²) >= 11 is 0. The highest BCUT2D eigenvalue weighted by Crippen LogP contribution is 1.94. The van der Waals surface area contributed by atoms with Crippen LogP contribution in [0.3, 0.4) is 0 Å². The summed E-state index contributed by atoms with van der Waals surface area (Å²) < 4.78 is 0. The van der Waals surface area contributed by atoms with Crippen molar-refractivity contribution in [3.8, 4) is 0 Å². The predicted octanol–water partition coefficient (Wildman–Crippen LogP) is -0.530. The Kier molecular flexibility index (Phi) is 4.70. The zero-order valence-corrected chi connectivity index (χ0v) is 7.76. The van der Waals surface area contributed by atoms with Gasteiger partial charge in [0.05, 0.1) is 18.5 Å². The van der Waals surface area contributed by atoms with E-state index >= 15 is 0 Å². The van der Waals surface area contributed by atoms with Crippen molar-refractivity contribution in [2.24, 2.45) is 5.73 Å². The maximum absolute atomic E-state index is 11.2. The highest BCUT2D eigenvalue weighted by atomic mass is 16.1. The molecule has 0 rings (SSSR count). The van der Waals surface area contributed by atoms with E-state index in [1.54, 1.807) is 20.9 Å². The van der Waals surface area contributed by atoms with Crippen LogP contribution in [0.2, 0.25) is 0 Å². The number of rotatable bonds is 5. The highest BCUT2D eigenvalue weighted by Gasteiger charge is 2.16. The van der Waals surface area contributed by atoms with Gasteiger partial charge in [-0.15, -0.1) is 0 Å². The van der Waals surface area contributed by atoms with E-state index in [4.69, 9.17) is 5.73 Å². The van der Waals surface area contributed by atoms with Crippen LogP contribution < -0.4 is 11.1 Å². The number of nitrogens with one attached hydrogen (secondary N) is 1. The van der Waals surface area contributed by atoms with E-state index in [-0.39, 0.29) is 24.0 Å². The molecule has 4 heteroatoms. The summed E-state index contributed by atoms with van der Waals surface area (Å²) in [6.45, 7) is 3.30. The molecule has 2 atom stereocenters. The van der Waals surface area contributed by atoms with Gasteiger partial charge in [-0.25, -0.2) is 0 Å². The summed E-state index contributed by atoms with van der Waals surface area (Å²) in [5.41, 5.74) is 5.30. The molecule has 3 N–H and O–H groups in total. The van der Waals surface area contributed by atoms with E-state index in [1.807, 2.05) is 0 Å². The van der Waals surface area contributed by atoms with Crippen LogP contribution in [0.4, 0.5) is 0 Å². The molecule has 0 heterocycles. The lowest BCUT2D eigenvalue weighted by molar-refractivity contribution is -0.128. The molecule has 0 unspecified atom stereocenters. The van der Waals surface area contributed by atoms with Gasteiger partial charge in [0.15, 0.2) is 11.6 Å². The van der Waals surface area contributed by atoms with E-state index < -0.39 is 6.04 Å². The van der Waals surface area contributed by atoms with Crippen molar-refractivity contribution in [3.63, 3.8) is 0 Å². The van der Waals surface area contributed by atoms with Crippen molar-refractivity contribution in [1.82, 2.24) is 5.32 Å². The summed E-state index contributed by atoms with van der Waals surface area (Å²) in [6.07, 6.45) is -0.0698. The van der Waals surface area contributed by atoms with Gasteiger partial charge in [-0.3, -0.25) is 9.59 Å². The first-order chi connectivity index (χ1) is 5.49. The molecule has 4 nitrogen and oxygen atoms in total. The average Bonchev–Trinajstić information content (AvgIpc) is 2.02. The third-order valence-electron chi connectivity index (χ3n) is 1.77. The van der Waals surface area contributed by atoms with Crippen LogP contribution in [0.25, 0.3) is 0 Å². The van der Waals surface area contributed by atoms with Gasteiger partial charge in [-0.2, -0.15) is 0 Å². The fourth-order valence-electron chi connectivity index (χ4n) is 0.647. The highest BCUT2D eigenvalue weighted by molar-refractivity contribution is 6.03. The van der Waals surface area contributed by atoms with Crippen molar-refractivity contribution in [1.29, 1.82) is 0 Å². The summed E-state index contributed by atoms with van der Waals surface area (Å²) in [5.74, 6) is -0.318. The molecule has 12 heavy (non-hydrogen) atoms. The Morgan fingerprint density at radius 1 is 1.33 bits per heavy atom. The maximum Gasteiger partial charge on any atom is 0.156 e. The normalized spacial score (nSPS) is 15.3. The van der Waals surface area contributed by atoms with Gasteiger partial charge >= 0.3 is 0 Å². The average molecular weight is 172 g/mol. The molecule has 0 amide bonds. The molecule has 0 aliphatic rings.